The average molecular weight is 514 g/mol. The maximum atomic E-state index is 4.47. The normalized spacial score (nSPS) is 20.3. The molecule has 2 saturated heterocycles. The first-order valence-corrected chi connectivity index (χ1v) is 11.2. The molecule has 2 N–H and O–H groups in total. The van der Waals surface area contributed by atoms with E-state index < -0.39 is 0 Å². The summed E-state index contributed by atoms with van der Waals surface area (Å²) in [4.78, 5) is 9.64. The summed E-state index contributed by atoms with van der Waals surface area (Å²) in [5.41, 5.74) is 1.41. The van der Waals surface area contributed by atoms with Gasteiger partial charge in [0.05, 0.1) is 0 Å². The Morgan fingerprint density at radius 2 is 1.66 bits per heavy atom. The number of benzene rings is 1. The van der Waals surface area contributed by atoms with Crippen LogP contribution < -0.4 is 10.6 Å². The second-order valence-corrected chi connectivity index (χ2v) is 8.42. The summed E-state index contributed by atoms with van der Waals surface area (Å²) in [6.07, 6.45) is 6.25. The number of hydrogen-bond donors (Lipinski definition) is 2. The summed E-state index contributed by atoms with van der Waals surface area (Å²) in [5.74, 6) is 1.76. The summed E-state index contributed by atoms with van der Waals surface area (Å²) in [6.45, 7) is 10.5. The molecular formula is C23H40IN5. The molecule has 2 aliphatic rings. The molecule has 29 heavy (non-hydrogen) atoms. The van der Waals surface area contributed by atoms with Gasteiger partial charge in [-0.2, -0.15) is 0 Å². The van der Waals surface area contributed by atoms with Crippen LogP contribution in [-0.2, 0) is 6.54 Å². The number of rotatable bonds is 7. The molecule has 1 aromatic rings. The largest absolute Gasteiger partial charge is 0.356 e. The van der Waals surface area contributed by atoms with E-state index in [1.54, 1.807) is 0 Å². The standard InChI is InChI=1S/C23H39N5.HI/c1-3-13-27-14-9-20(10-15-27)18-25-23(24-2)26-22-11-16-28(17-12-22)19-21-7-5-4-6-8-21;/h4-8,20,22H,3,9-19H2,1-2H3,(H2,24,25,26);1H. The molecule has 0 saturated carbocycles. The first-order valence-electron chi connectivity index (χ1n) is 11.2. The maximum Gasteiger partial charge on any atom is 0.191 e. The van der Waals surface area contributed by atoms with Crippen molar-refractivity contribution in [3.05, 3.63) is 35.9 Å². The molecule has 164 valence electrons. The van der Waals surface area contributed by atoms with Crippen molar-refractivity contribution >= 4 is 29.9 Å². The Bertz CT molecular complexity index is 578. The summed E-state index contributed by atoms with van der Waals surface area (Å²) in [5, 5.41) is 7.25. The Kier molecular flexibility index (Phi) is 11.3. The van der Waals surface area contributed by atoms with Gasteiger partial charge in [0.15, 0.2) is 5.96 Å². The number of halogens is 1. The molecule has 2 fully saturated rings. The van der Waals surface area contributed by atoms with Crippen LogP contribution in [0.25, 0.3) is 0 Å². The van der Waals surface area contributed by atoms with Gasteiger partial charge in [-0.1, -0.05) is 37.3 Å². The molecule has 0 amide bonds. The van der Waals surface area contributed by atoms with E-state index in [-0.39, 0.29) is 24.0 Å². The molecule has 0 spiro atoms. The first-order chi connectivity index (χ1) is 13.8. The van der Waals surface area contributed by atoms with Gasteiger partial charge in [-0.15, -0.1) is 24.0 Å². The zero-order chi connectivity index (χ0) is 19.6. The van der Waals surface area contributed by atoms with Crippen molar-refractivity contribution in [1.29, 1.82) is 0 Å². The van der Waals surface area contributed by atoms with Gasteiger partial charge in [0.2, 0.25) is 0 Å². The lowest BCUT2D eigenvalue weighted by Gasteiger charge is -2.34. The third-order valence-corrected chi connectivity index (χ3v) is 6.21. The monoisotopic (exact) mass is 513 g/mol. The SMILES string of the molecule is CCCN1CCC(CNC(=NC)NC2CCN(Cc3ccccc3)CC2)CC1.I. The van der Waals surface area contributed by atoms with Crippen molar-refractivity contribution in [1.82, 2.24) is 20.4 Å². The smallest absolute Gasteiger partial charge is 0.191 e. The van der Waals surface area contributed by atoms with Crippen molar-refractivity contribution in [3.63, 3.8) is 0 Å². The molecule has 1 aromatic carbocycles. The highest BCUT2D eigenvalue weighted by molar-refractivity contribution is 14.0. The minimum atomic E-state index is 0. The van der Waals surface area contributed by atoms with Crippen LogP contribution in [-0.4, -0.2) is 68.1 Å². The van der Waals surface area contributed by atoms with E-state index in [4.69, 9.17) is 0 Å². The molecule has 0 bridgehead atoms. The van der Waals surface area contributed by atoms with Crippen LogP contribution in [0.2, 0.25) is 0 Å². The van der Waals surface area contributed by atoms with Gasteiger partial charge in [-0.3, -0.25) is 9.89 Å². The number of aliphatic imine (C=N–C) groups is 1. The van der Waals surface area contributed by atoms with Crippen LogP contribution >= 0.6 is 24.0 Å². The molecule has 2 heterocycles. The van der Waals surface area contributed by atoms with Gasteiger partial charge in [-0.05, 0) is 63.2 Å². The first kappa shape index (κ1) is 24.4. The summed E-state index contributed by atoms with van der Waals surface area (Å²) in [7, 11) is 1.89. The molecule has 2 aliphatic heterocycles. The van der Waals surface area contributed by atoms with E-state index in [2.05, 4.69) is 62.7 Å². The highest BCUT2D eigenvalue weighted by Crippen LogP contribution is 2.17. The van der Waals surface area contributed by atoms with Crippen LogP contribution in [0.15, 0.2) is 35.3 Å². The van der Waals surface area contributed by atoms with E-state index >= 15 is 0 Å². The lowest BCUT2D eigenvalue weighted by molar-refractivity contribution is 0.184. The maximum absolute atomic E-state index is 4.47. The highest BCUT2D eigenvalue weighted by Gasteiger charge is 2.21. The molecule has 6 heteroatoms. The Labute approximate surface area is 194 Å². The van der Waals surface area contributed by atoms with Crippen LogP contribution in [0, 0.1) is 5.92 Å². The fourth-order valence-corrected chi connectivity index (χ4v) is 4.44. The van der Waals surface area contributed by atoms with Crippen molar-refractivity contribution in [2.75, 3.05) is 46.3 Å². The lowest BCUT2D eigenvalue weighted by atomic mass is 9.97. The summed E-state index contributed by atoms with van der Waals surface area (Å²) < 4.78 is 0. The fourth-order valence-electron chi connectivity index (χ4n) is 4.44. The minimum absolute atomic E-state index is 0. The zero-order valence-electron chi connectivity index (χ0n) is 18.3. The topological polar surface area (TPSA) is 42.9 Å². The van der Waals surface area contributed by atoms with Crippen LogP contribution in [0.3, 0.4) is 0 Å². The Hall–Kier alpha value is -0.860. The van der Waals surface area contributed by atoms with E-state index in [1.807, 2.05) is 7.05 Å². The number of nitrogens with zero attached hydrogens (tertiary/aromatic N) is 3. The van der Waals surface area contributed by atoms with E-state index in [0.29, 0.717) is 6.04 Å². The molecule has 0 radical (unpaired) electrons. The second kappa shape index (κ2) is 13.4. The number of piperidine rings is 2. The van der Waals surface area contributed by atoms with Crippen molar-refractivity contribution in [3.8, 4) is 0 Å². The number of nitrogens with one attached hydrogen (secondary N) is 2. The minimum Gasteiger partial charge on any atom is -0.356 e. The molecule has 0 aromatic heterocycles. The Morgan fingerprint density at radius 3 is 2.28 bits per heavy atom. The van der Waals surface area contributed by atoms with Gasteiger partial charge in [0.1, 0.15) is 0 Å². The van der Waals surface area contributed by atoms with Crippen molar-refractivity contribution in [2.24, 2.45) is 10.9 Å². The van der Waals surface area contributed by atoms with Crippen molar-refractivity contribution < 1.29 is 0 Å². The van der Waals surface area contributed by atoms with E-state index in [0.717, 1.165) is 38.1 Å². The summed E-state index contributed by atoms with van der Waals surface area (Å²) >= 11 is 0. The molecule has 0 atom stereocenters. The van der Waals surface area contributed by atoms with Gasteiger partial charge in [0.25, 0.3) is 0 Å². The van der Waals surface area contributed by atoms with Gasteiger partial charge < -0.3 is 15.5 Å². The van der Waals surface area contributed by atoms with Crippen molar-refractivity contribution in [2.45, 2.75) is 51.6 Å². The van der Waals surface area contributed by atoms with Crippen LogP contribution in [0.4, 0.5) is 0 Å². The molecule has 0 aliphatic carbocycles. The summed E-state index contributed by atoms with van der Waals surface area (Å²) in [6, 6.07) is 11.3. The second-order valence-electron chi connectivity index (χ2n) is 8.42. The molecule has 5 nitrogen and oxygen atoms in total. The predicted octanol–water partition coefficient (Wildman–Crippen LogP) is 3.56. The number of hydrogen-bond acceptors (Lipinski definition) is 3. The van der Waals surface area contributed by atoms with Crippen LogP contribution in [0.1, 0.15) is 44.6 Å². The lowest BCUT2D eigenvalue weighted by Crippen LogP contribution is -2.49. The molecule has 0 unspecified atom stereocenters. The molecule has 3 rings (SSSR count). The highest BCUT2D eigenvalue weighted by atomic mass is 127. The fraction of sp³-hybridized carbons (Fsp3) is 0.696. The predicted molar refractivity (Wildman–Crippen MR) is 134 cm³/mol. The third-order valence-electron chi connectivity index (χ3n) is 6.21. The van der Waals surface area contributed by atoms with E-state index in [1.165, 1.54) is 57.3 Å². The van der Waals surface area contributed by atoms with Gasteiger partial charge in [-0.25, -0.2) is 0 Å². The van der Waals surface area contributed by atoms with Gasteiger partial charge in [0, 0.05) is 39.3 Å². The number of likely N-dealkylation sites (tertiary alicyclic amines) is 2. The van der Waals surface area contributed by atoms with E-state index in [9.17, 15) is 0 Å². The van der Waals surface area contributed by atoms with Gasteiger partial charge >= 0.3 is 0 Å². The number of guanidine groups is 1. The van der Waals surface area contributed by atoms with Crippen LogP contribution in [0.5, 0.6) is 0 Å². The Morgan fingerprint density at radius 1 is 1.00 bits per heavy atom. The quantitative estimate of drug-likeness (QED) is 0.333. The molecular weight excluding hydrogens is 473 g/mol. The zero-order valence-corrected chi connectivity index (χ0v) is 20.6. The third kappa shape index (κ3) is 8.42. The average Bonchev–Trinajstić information content (AvgIpc) is 2.74. The Balaban J connectivity index is 0.00000300.